The van der Waals surface area contributed by atoms with E-state index in [-0.39, 0.29) is 11.4 Å². The Labute approximate surface area is 118 Å². The summed E-state index contributed by atoms with van der Waals surface area (Å²) in [6.45, 7) is 7.61. The van der Waals surface area contributed by atoms with Crippen molar-refractivity contribution in [2.75, 3.05) is 13.6 Å². The van der Waals surface area contributed by atoms with Crippen LogP contribution in [0.15, 0.2) is 12.1 Å². The Bertz CT molecular complexity index is 398. The van der Waals surface area contributed by atoms with E-state index in [0.717, 1.165) is 9.21 Å². The molecule has 0 atom stereocenters. The van der Waals surface area contributed by atoms with E-state index in [9.17, 15) is 4.79 Å². The number of hydrogen-bond acceptors (Lipinski definition) is 3. The minimum Gasteiger partial charge on any atom is -0.341 e. The van der Waals surface area contributed by atoms with Crippen LogP contribution in [-0.4, -0.2) is 29.9 Å². The molecular formula is C13H21ClN2OS. The molecule has 1 amide bonds. The summed E-state index contributed by atoms with van der Waals surface area (Å²) in [5, 5.41) is 3.31. The van der Waals surface area contributed by atoms with Gasteiger partial charge in [0.25, 0.3) is 0 Å². The average Bonchev–Trinajstić information content (AvgIpc) is 2.61. The summed E-state index contributed by atoms with van der Waals surface area (Å²) in [6.07, 6.45) is 0.521. The molecule has 3 nitrogen and oxygen atoms in total. The summed E-state index contributed by atoms with van der Waals surface area (Å²) < 4.78 is 0.764. The van der Waals surface area contributed by atoms with Gasteiger partial charge in [-0.2, -0.15) is 0 Å². The highest BCUT2D eigenvalue weighted by atomic mass is 35.5. The number of halogens is 1. The number of nitrogens with zero attached hydrogens (tertiary/aromatic N) is 1. The van der Waals surface area contributed by atoms with Crippen LogP contribution in [0.5, 0.6) is 0 Å². The van der Waals surface area contributed by atoms with Crippen molar-refractivity contribution in [3.63, 3.8) is 0 Å². The summed E-state index contributed by atoms with van der Waals surface area (Å²) in [5.74, 6) is 0.149. The Balaban J connectivity index is 2.33. The molecule has 0 bridgehead atoms. The predicted octanol–water partition coefficient (Wildman–Crippen LogP) is 3.14. The van der Waals surface area contributed by atoms with Crippen molar-refractivity contribution in [2.24, 2.45) is 0 Å². The van der Waals surface area contributed by atoms with Gasteiger partial charge in [-0.15, -0.1) is 11.3 Å². The molecule has 1 rings (SSSR count). The fraction of sp³-hybridized carbons (Fsp3) is 0.615. The molecular weight excluding hydrogens is 268 g/mol. The molecule has 0 saturated carbocycles. The van der Waals surface area contributed by atoms with Gasteiger partial charge in [0, 0.05) is 30.4 Å². The zero-order valence-corrected chi connectivity index (χ0v) is 13.0. The number of amides is 1. The van der Waals surface area contributed by atoms with Gasteiger partial charge in [0.1, 0.15) is 0 Å². The molecule has 18 heavy (non-hydrogen) atoms. The minimum atomic E-state index is 0.0557. The van der Waals surface area contributed by atoms with Gasteiger partial charge in [-0.1, -0.05) is 11.6 Å². The SMILES string of the molecule is CN(Cc1ccc(Cl)s1)C(=O)CCNC(C)(C)C. The molecule has 5 heteroatoms. The van der Waals surface area contributed by atoms with E-state index < -0.39 is 0 Å². The van der Waals surface area contributed by atoms with E-state index in [0.29, 0.717) is 19.5 Å². The molecule has 0 fully saturated rings. The maximum atomic E-state index is 11.9. The van der Waals surface area contributed by atoms with Gasteiger partial charge in [0.2, 0.25) is 5.91 Å². The summed E-state index contributed by atoms with van der Waals surface area (Å²) in [4.78, 5) is 14.8. The van der Waals surface area contributed by atoms with Gasteiger partial charge in [0.05, 0.1) is 10.9 Å². The largest absolute Gasteiger partial charge is 0.341 e. The van der Waals surface area contributed by atoms with Crippen LogP contribution in [0.1, 0.15) is 32.1 Å². The standard InChI is InChI=1S/C13H21ClN2OS/c1-13(2,3)15-8-7-12(17)16(4)9-10-5-6-11(14)18-10/h5-6,15H,7-9H2,1-4H3. The molecule has 1 heterocycles. The number of nitrogens with one attached hydrogen (secondary N) is 1. The number of carbonyl (C=O) groups excluding carboxylic acids is 1. The molecule has 1 aromatic heterocycles. The zero-order valence-electron chi connectivity index (χ0n) is 11.4. The van der Waals surface area contributed by atoms with Crippen LogP contribution in [0.3, 0.4) is 0 Å². The Hall–Kier alpha value is -0.580. The number of thiophene rings is 1. The van der Waals surface area contributed by atoms with E-state index >= 15 is 0 Å². The summed E-state index contributed by atoms with van der Waals surface area (Å²) in [7, 11) is 1.83. The zero-order chi connectivity index (χ0) is 13.8. The number of rotatable bonds is 5. The van der Waals surface area contributed by atoms with Crippen LogP contribution in [-0.2, 0) is 11.3 Å². The highest BCUT2D eigenvalue weighted by molar-refractivity contribution is 7.16. The molecule has 0 unspecified atom stereocenters. The Morgan fingerprint density at radius 3 is 2.61 bits per heavy atom. The van der Waals surface area contributed by atoms with Crippen molar-refractivity contribution in [3.8, 4) is 0 Å². The Morgan fingerprint density at radius 2 is 2.11 bits per heavy atom. The molecule has 0 aliphatic rings. The Kier molecular flexibility index (Phi) is 5.63. The van der Waals surface area contributed by atoms with Gasteiger partial charge in [-0.25, -0.2) is 0 Å². The second kappa shape index (κ2) is 6.55. The van der Waals surface area contributed by atoms with Crippen LogP contribution in [0.25, 0.3) is 0 Å². The maximum absolute atomic E-state index is 11.9. The molecule has 0 aliphatic heterocycles. The van der Waals surface area contributed by atoms with Gasteiger partial charge >= 0.3 is 0 Å². The lowest BCUT2D eigenvalue weighted by atomic mass is 10.1. The van der Waals surface area contributed by atoms with Crippen LogP contribution in [0.2, 0.25) is 4.34 Å². The van der Waals surface area contributed by atoms with E-state index in [4.69, 9.17) is 11.6 Å². The summed E-state index contributed by atoms with van der Waals surface area (Å²) >= 11 is 7.38. The Morgan fingerprint density at radius 1 is 1.44 bits per heavy atom. The van der Waals surface area contributed by atoms with E-state index in [1.807, 2.05) is 19.2 Å². The summed E-state index contributed by atoms with van der Waals surface area (Å²) in [5.41, 5.74) is 0.0557. The van der Waals surface area contributed by atoms with Gasteiger partial charge in [-0.3, -0.25) is 4.79 Å². The second-order valence-electron chi connectivity index (χ2n) is 5.38. The lowest BCUT2D eigenvalue weighted by Gasteiger charge is -2.22. The van der Waals surface area contributed by atoms with Crippen LogP contribution in [0.4, 0.5) is 0 Å². The van der Waals surface area contributed by atoms with Crippen LogP contribution < -0.4 is 5.32 Å². The van der Waals surface area contributed by atoms with Gasteiger partial charge in [-0.05, 0) is 32.9 Å². The van der Waals surface area contributed by atoms with Crippen molar-refractivity contribution < 1.29 is 4.79 Å². The van der Waals surface area contributed by atoms with Gasteiger partial charge < -0.3 is 10.2 Å². The minimum absolute atomic E-state index is 0.0557. The fourth-order valence-corrected chi connectivity index (χ4v) is 2.64. The fourth-order valence-electron chi connectivity index (χ4n) is 1.49. The third-order valence-electron chi connectivity index (χ3n) is 2.44. The third-order valence-corrected chi connectivity index (χ3v) is 3.66. The first kappa shape index (κ1) is 15.5. The maximum Gasteiger partial charge on any atom is 0.223 e. The van der Waals surface area contributed by atoms with E-state index in [2.05, 4.69) is 26.1 Å². The molecule has 0 radical (unpaired) electrons. The molecule has 102 valence electrons. The average molecular weight is 289 g/mol. The number of hydrogen-bond donors (Lipinski definition) is 1. The third kappa shape index (κ3) is 5.85. The quantitative estimate of drug-likeness (QED) is 0.903. The highest BCUT2D eigenvalue weighted by Crippen LogP contribution is 2.22. The van der Waals surface area contributed by atoms with Crippen molar-refractivity contribution >= 4 is 28.8 Å². The molecule has 0 aliphatic carbocycles. The highest BCUT2D eigenvalue weighted by Gasteiger charge is 2.13. The normalized spacial score (nSPS) is 11.6. The smallest absolute Gasteiger partial charge is 0.223 e. The molecule has 0 spiro atoms. The lowest BCUT2D eigenvalue weighted by Crippen LogP contribution is -2.38. The first-order valence-electron chi connectivity index (χ1n) is 6.01. The first-order chi connectivity index (χ1) is 8.28. The lowest BCUT2D eigenvalue weighted by molar-refractivity contribution is -0.130. The predicted molar refractivity (Wildman–Crippen MR) is 78.2 cm³/mol. The van der Waals surface area contributed by atoms with Gasteiger partial charge in [0.15, 0.2) is 0 Å². The van der Waals surface area contributed by atoms with Crippen LogP contribution >= 0.6 is 22.9 Å². The van der Waals surface area contributed by atoms with Crippen molar-refractivity contribution in [1.82, 2.24) is 10.2 Å². The molecule has 1 aromatic rings. The number of carbonyl (C=O) groups is 1. The van der Waals surface area contributed by atoms with Crippen molar-refractivity contribution in [1.29, 1.82) is 0 Å². The van der Waals surface area contributed by atoms with Crippen LogP contribution in [0, 0.1) is 0 Å². The second-order valence-corrected chi connectivity index (χ2v) is 7.18. The van der Waals surface area contributed by atoms with Crippen molar-refractivity contribution in [3.05, 3.63) is 21.3 Å². The topological polar surface area (TPSA) is 32.3 Å². The molecule has 0 saturated heterocycles. The first-order valence-corrected chi connectivity index (χ1v) is 7.20. The summed E-state index contributed by atoms with van der Waals surface area (Å²) in [6, 6.07) is 3.82. The molecule has 0 aromatic carbocycles. The van der Waals surface area contributed by atoms with E-state index in [1.54, 1.807) is 4.90 Å². The van der Waals surface area contributed by atoms with Crippen molar-refractivity contribution in [2.45, 2.75) is 39.3 Å². The molecule has 1 N–H and O–H groups in total. The monoisotopic (exact) mass is 288 g/mol. The van der Waals surface area contributed by atoms with E-state index in [1.165, 1.54) is 11.3 Å².